The number of amides is 1. The Morgan fingerprint density at radius 2 is 1.95 bits per heavy atom. The highest BCUT2D eigenvalue weighted by molar-refractivity contribution is 5.96. The first kappa shape index (κ1) is 13.3. The third kappa shape index (κ3) is 2.50. The maximum absolute atomic E-state index is 12.5. The molecule has 0 bridgehead atoms. The lowest BCUT2D eigenvalue weighted by Crippen LogP contribution is -2.30. The van der Waals surface area contributed by atoms with Gasteiger partial charge in [0.15, 0.2) is 0 Å². The molecule has 0 saturated heterocycles. The first-order chi connectivity index (χ1) is 9.02. The molecule has 2 aromatic rings. The number of carbonyl (C=O) groups is 1. The van der Waals surface area contributed by atoms with Crippen LogP contribution >= 0.6 is 0 Å². The maximum Gasteiger partial charge on any atom is 0.257 e. The van der Waals surface area contributed by atoms with Crippen LogP contribution in [0.5, 0.6) is 0 Å². The van der Waals surface area contributed by atoms with Crippen LogP contribution in [0, 0.1) is 13.8 Å². The summed E-state index contributed by atoms with van der Waals surface area (Å²) in [6.07, 6.45) is 3.47. The molecule has 5 heteroatoms. The zero-order valence-electron chi connectivity index (χ0n) is 11.6. The van der Waals surface area contributed by atoms with Crippen molar-refractivity contribution in [1.82, 2.24) is 20.1 Å². The molecule has 0 radical (unpaired) electrons. The van der Waals surface area contributed by atoms with E-state index in [1.165, 1.54) is 0 Å². The van der Waals surface area contributed by atoms with Gasteiger partial charge in [0.2, 0.25) is 0 Å². The summed E-state index contributed by atoms with van der Waals surface area (Å²) in [7, 11) is 1.80. The van der Waals surface area contributed by atoms with Crippen LogP contribution in [0.1, 0.15) is 40.3 Å². The van der Waals surface area contributed by atoms with Crippen molar-refractivity contribution in [3.8, 4) is 0 Å². The van der Waals surface area contributed by atoms with Gasteiger partial charge in [-0.3, -0.25) is 14.9 Å². The average Bonchev–Trinajstić information content (AvgIpc) is 2.77. The molecule has 2 aromatic heterocycles. The molecule has 2 heterocycles. The molecule has 19 heavy (non-hydrogen) atoms. The second-order valence-corrected chi connectivity index (χ2v) is 4.68. The number of H-pyrrole nitrogens is 1. The standard InChI is InChI=1S/C14H18N4O/c1-9-13(10(2)17-16-9)14(19)18(4)11(3)12-5-7-15-8-6-12/h5-8,11H,1-4H3,(H,16,17). The van der Waals surface area contributed by atoms with Crippen LogP contribution in [0.3, 0.4) is 0 Å². The molecule has 2 rings (SSSR count). The summed E-state index contributed by atoms with van der Waals surface area (Å²) in [5.41, 5.74) is 3.25. The summed E-state index contributed by atoms with van der Waals surface area (Å²) >= 11 is 0. The molecule has 0 aliphatic rings. The van der Waals surface area contributed by atoms with E-state index in [-0.39, 0.29) is 11.9 Å². The van der Waals surface area contributed by atoms with Gasteiger partial charge in [0.25, 0.3) is 5.91 Å². The summed E-state index contributed by atoms with van der Waals surface area (Å²) in [6, 6.07) is 3.83. The lowest BCUT2D eigenvalue weighted by molar-refractivity contribution is 0.0741. The SMILES string of the molecule is Cc1n[nH]c(C)c1C(=O)N(C)C(C)c1ccncc1. The molecular weight excluding hydrogens is 240 g/mol. The molecule has 1 unspecified atom stereocenters. The molecule has 100 valence electrons. The van der Waals surface area contributed by atoms with E-state index in [2.05, 4.69) is 15.2 Å². The third-order valence-electron chi connectivity index (χ3n) is 3.43. The number of rotatable bonds is 3. The number of hydrogen-bond acceptors (Lipinski definition) is 3. The molecular formula is C14H18N4O. The van der Waals surface area contributed by atoms with Crippen LogP contribution in [-0.4, -0.2) is 33.0 Å². The number of hydrogen-bond donors (Lipinski definition) is 1. The van der Waals surface area contributed by atoms with Gasteiger partial charge in [0, 0.05) is 25.1 Å². The summed E-state index contributed by atoms with van der Waals surface area (Å²) in [6.45, 7) is 5.69. The highest BCUT2D eigenvalue weighted by Gasteiger charge is 2.23. The van der Waals surface area contributed by atoms with E-state index >= 15 is 0 Å². The predicted molar refractivity (Wildman–Crippen MR) is 72.8 cm³/mol. The highest BCUT2D eigenvalue weighted by Crippen LogP contribution is 2.21. The van der Waals surface area contributed by atoms with Crippen LogP contribution in [-0.2, 0) is 0 Å². The van der Waals surface area contributed by atoms with E-state index < -0.39 is 0 Å². The predicted octanol–water partition coefficient (Wildman–Crippen LogP) is 2.25. The largest absolute Gasteiger partial charge is 0.335 e. The molecule has 0 aromatic carbocycles. The van der Waals surface area contributed by atoms with E-state index in [0.29, 0.717) is 5.56 Å². The van der Waals surface area contributed by atoms with Gasteiger partial charge < -0.3 is 4.90 Å². The molecule has 0 aliphatic carbocycles. The lowest BCUT2D eigenvalue weighted by atomic mass is 10.1. The van der Waals surface area contributed by atoms with Crippen molar-refractivity contribution in [1.29, 1.82) is 0 Å². The normalized spacial score (nSPS) is 12.2. The number of aromatic amines is 1. The average molecular weight is 258 g/mol. The van der Waals surface area contributed by atoms with Crippen molar-refractivity contribution >= 4 is 5.91 Å². The van der Waals surface area contributed by atoms with Gasteiger partial charge in [-0.2, -0.15) is 5.10 Å². The summed E-state index contributed by atoms with van der Waals surface area (Å²) < 4.78 is 0. The summed E-state index contributed by atoms with van der Waals surface area (Å²) in [5.74, 6) is -0.0203. The smallest absolute Gasteiger partial charge is 0.257 e. The first-order valence-corrected chi connectivity index (χ1v) is 6.21. The number of nitrogens with zero attached hydrogens (tertiary/aromatic N) is 3. The van der Waals surface area contributed by atoms with Crippen molar-refractivity contribution in [2.45, 2.75) is 26.8 Å². The van der Waals surface area contributed by atoms with Crippen LogP contribution in [0.2, 0.25) is 0 Å². The highest BCUT2D eigenvalue weighted by atomic mass is 16.2. The minimum Gasteiger partial charge on any atom is -0.335 e. The van der Waals surface area contributed by atoms with Crippen LogP contribution in [0.25, 0.3) is 0 Å². The Kier molecular flexibility index (Phi) is 3.64. The van der Waals surface area contributed by atoms with Gasteiger partial charge in [-0.05, 0) is 38.5 Å². The Bertz CT molecular complexity index is 557. The molecule has 1 atom stereocenters. The minimum atomic E-state index is -0.0203. The molecule has 0 saturated carbocycles. The number of pyridine rings is 1. The molecule has 1 amide bonds. The first-order valence-electron chi connectivity index (χ1n) is 6.21. The quantitative estimate of drug-likeness (QED) is 0.918. The Morgan fingerprint density at radius 1 is 1.32 bits per heavy atom. The number of aromatic nitrogens is 3. The lowest BCUT2D eigenvalue weighted by Gasteiger charge is -2.25. The van der Waals surface area contributed by atoms with Gasteiger partial charge in [-0.15, -0.1) is 0 Å². The van der Waals surface area contributed by atoms with Crippen molar-refractivity contribution in [3.05, 3.63) is 47.0 Å². The van der Waals surface area contributed by atoms with Crippen molar-refractivity contribution in [2.75, 3.05) is 7.05 Å². The Labute approximate surface area is 112 Å². The van der Waals surface area contributed by atoms with Crippen molar-refractivity contribution in [2.24, 2.45) is 0 Å². The topological polar surface area (TPSA) is 61.9 Å². The molecule has 0 aliphatic heterocycles. The molecule has 5 nitrogen and oxygen atoms in total. The molecule has 0 fully saturated rings. The van der Waals surface area contributed by atoms with Crippen LogP contribution < -0.4 is 0 Å². The number of aryl methyl sites for hydroxylation is 2. The number of nitrogens with one attached hydrogen (secondary N) is 1. The van der Waals surface area contributed by atoms with E-state index in [0.717, 1.165) is 17.0 Å². The summed E-state index contributed by atoms with van der Waals surface area (Å²) in [4.78, 5) is 18.2. The summed E-state index contributed by atoms with van der Waals surface area (Å²) in [5, 5.41) is 6.91. The van der Waals surface area contributed by atoms with Crippen molar-refractivity contribution in [3.63, 3.8) is 0 Å². The third-order valence-corrected chi connectivity index (χ3v) is 3.43. The fraction of sp³-hybridized carbons (Fsp3) is 0.357. The van der Waals surface area contributed by atoms with Gasteiger partial charge in [-0.25, -0.2) is 0 Å². The molecule has 0 spiro atoms. The van der Waals surface area contributed by atoms with Gasteiger partial charge in [0.1, 0.15) is 0 Å². The minimum absolute atomic E-state index is 0.0100. The fourth-order valence-corrected chi connectivity index (χ4v) is 2.08. The Morgan fingerprint density at radius 3 is 2.47 bits per heavy atom. The second kappa shape index (κ2) is 5.22. The zero-order chi connectivity index (χ0) is 14.0. The van der Waals surface area contributed by atoms with Gasteiger partial charge >= 0.3 is 0 Å². The fourth-order valence-electron chi connectivity index (χ4n) is 2.08. The van der Waals surface area contributed by atoms with E-state index in [1.807, 2.05) is 32.9 Å². The zero-order valence-corrected chi connectivity index (χ0v) is 11.6. The van der Waals surface area contributed by atoms with Crippen molar-refractivity contribution < 1.29 is 4.79 Å². The second-order valence-electron chi connectivity index (χ2n) is 4.68. The monoisotopic (exact) mass is 258 g/mol. The Balaban J connectivity index is 2.25. The van der Waals surface area contributed by atoms with Gasteiger partial charge in [0.05, 0.1) is 17.3 Å². The Hall–Kier alpha value is -2.17. The van der Waals surface area contributed by atoms with Crippen LogP contribution in [0.4, 0.5) is 0 Å². The van der Waals surface area contributed by atoms with E-state index in [1.54, 1.807) is 24.3 Å². The van der Waals surface area contributed by atoms with E-state index in [9.17, 15) is 4.79 Å². The maximum atomic E-state index is 12.5. The van der Waals surface area contributed by atoms with Crippen LogP contribution in [0.15, 0.2) is 24.5 Å². The molecule has 1 N–H and O–H groups in total. The van der Waals surface area contributed by atoms with E-state index in [4.69, 9.17) is 0 Å². The number of carbonyl (C=O) groups excluding carboxylic acids is 1. The van der Waals surface area contributed by atoms with Gasteiger partial charge in [-0.1, -0.05) is 0 Å².